The van der Waals surface area contributed by atoms with Gasteiger partial charge < -0.3 is 9.84 Å². The minimum absolute atomic E-state index is 0.140. The molecular weight excluding hydrogens is 296 g/mol. The molecule has 0 fully saturated rings. The Kier molecular flexibility index (Phi) is 5.25. The highest BCUT2D eigenvalue weighted by Crippen LogP contribution is 2.20. The Balaban J connectivity index is 2.18. The number of carboxylic acid groups (broad SMARTS) is 1. The monoisotopic (exact) mass is 312 g/mol. The minimum Gasteiger partial charge on any atom is -0.479 e. The number of rotatable bonds is 6. The Hall–Kier alpha value is -2.95. The quantitative estimate of drug-likeness (QED) is 0.655. The lowest BCUT2D eigenvalue weighted by Crippen LogP contribution is -2.18. The van der Waals surface area contributed by atoms with Crippen LogP contribution >= 0.6 is 0 Å². The number of ketones is 1. The lowest BCUT2D eigenvalue weighted by molar-refractivity contribution is -0.155. The van der Waals surface area contributed by atoms with Crippen molar-refractivity contribution in [2.24, 2.45) is 0 Å². The Morgan fingerprint density at radius 1 is 1.00 bits per heavy atom. The van der Waals surface area contributed by atoms with Crippen molar-refractivity contribution in [2.45, 2.75) is 12.8 Å². The van der Waals surface area contributed by atoms with Crippen molar-refractivity contribution in [1.82, 2.24) is 0 Å². The summed E-state index contributed by atoms with van der Waals surface area (Å²) in [6, 6.07) is 15.5. The number of benzene rings is 2. The molecule has 0 aliphatic carbocycles. The molecule has 0 heterocycles. The normalized spacial score (nSPS) is 11.5. The minimum atomic E-state index is -1.21. The highest BCUT2D eigenvalue weighted by atomic mass is 16.5. The first-order chi connectivity index (χ1) is 11.0. The third kappa shape index (κ3) is 4.26. The molecule has 0 amide bonds. The maximum atomic E-state index is 12.4. The number of carbonyl (C=O) groups excluding carboxylic acids is 2. The molecule has 0 saturated carbocycles. The molecule has 0 spiro atoms. The first kappa shape index (κ1) is 16.4. The van der Waals surface area contributed by atoms with Gasteiger partial charge in [0.2, 0.25) is 0 Å². The van der Waals surface area contributed by atoms with Gasteiger partial charge in [-0.1, -0.05) is 48.5 Å². The third-order valence-electron chi connectivity index (χ3n) is 3.38. The molecule has 0 aliphatic heterocycles. The van der Waals surface area contributed by atoms with E-state index in [1.54, 1.807) is 55.5 Å². The van der Waals surface area contributed by atoms with E-state index in [-0.39, 0.29) is 5.78 Å². The van der Waals surface area contributed by atoms with Gasteiger partial charge in [0, 0.05) is 11.1 Å². The van der Waals surface area contributed by atoms with Crippen molar-refractivity contribution in [1.29, 1.82) is 0 Å². The largest absolute Gasteiger partial charge is 0.479 e. The van der Waals surface area contributed by atoms with Crippen LogP contribution in [0.3, 0.4) is 0 Å². The Morgan fingerprint density at radius 2 is 1.65 bits per heavy atom. The van der Waals surface area contributed by atoms with E-state index in [1.165, 1.54) is 0 Å². The molecule has 23 heavy (non-hydrogen) atoms. The molecule has 0 unspecified atom stereocenters. The van der Waals surface area contributed by atoms with E-state index in [9.17, 15) is 14.4 Å². The van der Waals surface area contributed by atoms with Gasteiger partial charge in [-0.25, -0.2) is 4.79 Å². The van der Waals surface area contributed by atoms with Crippen molar-refractivity contribution in [3.05, 3.63) is 71.3 Å². The number of hydrogen-bond donors (Lipinski definition) is 1. The lowest BCUT2D eigenvalue weighted by Gasteiger charge is -2.12. The zero-order valence-corrected chi connectivity index (χ0v) is 12.6. The summed E-state index contributed by atoms with van der Waals surface area (Å²) in [4.78, 5) is 34.7. The molecule has 1 N–H and O–H groups in total. The van der Waals surface area contributed by atoms with Crippen LogP contribution in [0.1, 0.15) is 34.3 Å². The zero-order valence-electron chi connectivity index (χ0n) is 12.6. The maximum absolute atomic E-state index is 12.4. The molecule has 0 saturated heterocycles. The molecule has 2 rings (SSSR count). The Bertz CT molecular complexity index is 721. The number of esters is 1. The van der Waals surface area contributed by atoms with Crippen LogP contribution in [0.25, 0.3) is 0 Å². The van der Waals surface area contributed by atoms with Gasteiger partial charge in [-0.15, -0.1) is 0 Å². The van der Waals surface area contributed by atoms with Crippen molar-refractivity contribution in [3.8, 4) is 0 Å². The molecular formula is C18H16O5. The van der Waals surface area contributed by atoms with Crippen LogP contribution in [0, 0.1) is 0 Å². The van der Waals surface area contributed by atoms with Gasteiger partial charge >= 0.3 is 11.9 Å². The molecule has 2 aromatic rings. The van der Waals surface area contributed by atoms with Crippen LogP contribution in [0.15, 0.2) is 54.6 Å². The van der Waals surface area contributed by atoms with Crippen molar-refractivity contribution in [2.75, 3.05) is 6.61 Å². The second-order valence-electron chi connectivity index (χ2n) is 5.04. The fraction of sp³-hybridized carbons (Fsp3) is 0.167. The summed E-state index contributed by atoms with van der Waals surface area (Å²) in [6.07, 6.45) is 0. The fourth-order valence-corrected chi connectivity index (χ4v) is 2.10. The van der Waals surface area contributed by atoms with E-state index >= 15 is 0 Å². The highest BCUT2D eigenvalue weighted by molar-refractivity contribution is 6.09. The first-order valence-corrected chi connectivity index (χ1v) is 7.07. The maximum Gasteiger partial charge on any atom is 0.341 e. The van der Waals surface area contributed by atoms with Crippen LogP contribution in [0.2, 0.25) is 0 Å². The van der Waals surface area contributed by atoms with E-state index in [0.717, 1.165) is 0 Å². The van der Waals surface area contributed by atoms with Gasteiger partial charge in [-0.05, 0) is 18.6 Å². The molecule has 0 aliphatic rings. The molecule has 2 aromatic carbocycles. The molecule has 5 nitrogen and oxygen atoms in total. The number of hydrogen-bond acceptors (Lipinski definition) is 4. The van der Waals surface area contributed by atoms with Gasteiger partial charge in [-0.2, -0.15) is 0 Å². The van der Waals surface area contributed by atoms with Crippen LogP contribution in [-0.2, 0) is 14.3 Å². The number of ether oxygens (including phenoxy) is 1. The second kappa shape index (κ2) is 7.35. The van der Waals surface area contributed by atoms with E-state index in [1.807, 2.05) is 6.07 Å². The number of carboxylic acids is 1. The van der Waals surface area contributed by atoms with E-state index in [2.05, 4.69) is 4.74 Å². The summed E-state index contributed by atoms with van der Waals surface area (Å²) in [5, 5.41) is 8.54. The Labute approximate surface area is 133 Å². The van der Waals surface area contributed by atoms with Crippen LogP contribution < -0.4 is 0 Å². The van der Waals surface area contributed by atoms with Gasteiger partial charge in [0.25, 0.3) is 0 Å². The summed E-state index contributed by atoms with van der Waals surface area (Å²) >= 11 is 0. The van der Waals surface area contributed by atoms with Gasteiger partial charge in [0.15, 0.2) is 12.4 Å². The smallest absolute Gasteiger partial charge is 0.341 e. The van der Waals surface area contributed by atoms with E-state index in [4.69, 9.17) is 5.11 Å². The summed E-state index contributed by atoms with van der Waals surface area (Å²) in [5.41, 5.74) is 1.62. The summed E-state index contributed by atoms with van der Waals surface area (Å²) in [7, 11) is 0. The summed E-state index contributed by atoms with van der Waals surface area (Å²) in [5.74, 6) is -2.65. The fourth-order valence-electron chi connectivity index (χ4n) is 2.10. The SMILES string of the molecule is C[C@@H](C(=O)OCC(=O)O)c1cccc(C(=O)c2ccccc2)c1. The number of carbonyl (C=O) groups is 3. The van der Waals surface area contributed by atoms with Crippen LogP contribution in [-0.4, -0.2) is 29.4 Å². The predicted molar refractivity (Wildman–Crippen MR) is 83.3 cm³/mol. The van der Waals surface area contributed by atoms with Gasteiger partial charge in [-0.3, -0.25) is 9.59 Å². The highest BCUT2D eigenvalue weighted by Gasteiger charge is 2.19. The van der Waals surface area contributed by atoms with Crippen molar-refractivity contribution in [3.63, 3.8) is 0 Å². The molecule has 1 atom stereocenters. The van der Waals surface area contributed by atoms with Crippen molar-refractivity contribution >= 4 is 17.7 Å². The first-order valence-electron chi connectivity index (χ1n) is 7.07. The Morgan fingerprint density at radius 3 is 2.30 bits per heavy atom. The third-order valence-corrected chi connectivity index (χ3v) is 3.38. The van der Waals surface area contributed by atoms with Gasteiger partial charge in [0.1, 0.15) is 0 Å². The zero-order chi connectivity index (χ0) is 16.8. The molecule has 5 heteroatoms. The average Bonchev–Trinajstić information content (AvgIpc) is 2.59. The van der Waals surface area contributed by atoms with E-state index < -0.39 is 24.5 Å². The average molecular weight is 312 g/mol. The molecule has 0 bridgehead atoms. The summed E-state index contributed by atoms with van der Waals surface area (Å²) < 4.78 is 4.68. The predicted octanol–water partition coefficient (Wildman–Crippen LogP) is 2.65. The molecule has 0 radical (unpaired) electrons. The topological polar surface area (TPSA) is 80.7 Å². The summed E-state index contributed by atoms with van der Waals surface area (Å²) in [6.45, 7) is 0.933. The lowest BCUT2D eigenvalue weighted by atomic mass is 9.96. The van der Waals surface area contributed by atoms with Crippen LogP contribution in [0.4, 0.5) is 0 Å². The van der Waals surface area contributed by atoms with Crippen molar-refractivity contribution < 1.29 is 24.2 Å². The van der Waals surface area contributed by atoms with E-state index in [0.29, 0.717) is 16.7 Å². The second-order valence-corrected chi connectivity index (χ2v) is 5.04. The van der Waals surface area contributed by atoms with Gasteiger partial charge in [0.05, 0.1) is 5.92 Å². The number of aliphatic carboxylic acids is 1. The molecule has 118 valence electrons. The standard InChI is InChI=1S/C18H16O5/c1-12(18(22)23-11-16(19)20)14-8-5-9-15(10-14)17(21)13-6-3-2-4-7-13/h2-10,12H,11H2,1H3,(H,19,20)/t12-/m1/s1. The van der Waals surface area contributed by atoms with Crippen LogP contribution in [0.5, 0.6) is 0 Å². The molecule has 0 aromatic heterocycles.